The van der Waals surface area contributed by atoms with Gasteiger partial charge < -0.3 is 9.47 Å². The van der Waals surface area contributed by atoms with Crippen LogP contribution in [0.15, 0.2) is 36.4 Å². The molecule has 140 valence electrons. The van der Waals surface area contributed by atoms with Crippen molar-refractivity contribution in [3.63, 3.8) is 0 Å². The normalized spacial score (nSPS) is 21.9. The molecule has 5 rings (SSSR count). The van der Waals surface area contributed by atoms with Gasteiger partial charge in [-0.2, -0.15) is 0 Å². The van der Waals surface area contributed by atoms with Crippen LogP contribution in [0.3, 0.4) is 0 Å². The number of hydrogen-bond acceptors (Lipinski definition) is 0. The fourth-order valence-corrected chi connectivity index (χ4v) is 5.62. The highest BCUT2D eigenvalue weighted by atomic mass is 15.2. The lowest BCUT2D eigenvalue weighted by atomic mass is 9.90. The van der Waals surface area contributed by atoms with Gasteiger partial charge in [0.1, 0.15) is 12.6 Å². The van der Waals surface area contributed by atoms with Gasteiger partial charge in [0, 0.05) is 35.9 Å². The SMILES string of the molecule is Cc1ccc(C[NH+]2CCCn3c4c(c5cc(C)ccc53)CCC[C@H]42)c(C)c1. The Morgan fingerprint density at radius 3 is 2.67 bits per heavy atom. The summed E-state index contributed by atoms with van der Waals surface area (Å²) in [5.41, 5.74) is 10.6. The van der Waals surface area contributed by atoms with Gasteiger partial charge in [-0.3, -0.25) is 0 Å². The van der Waals surface area contributed by atoms with Gasteiger partial charge in [-0.05, 0) is 56.9 Å². The number of benzene rings is 2. The molecule has 2 atom stereocenters. The van der Waals surface area contributed by atoms with E-state index in [1.165, 1.54) is 71.9 Å². The molecular formula is C25H31N2+. The second kappa shape index (κ2) is 6.53. The minimum absolute atomic E-state index is 0.657. The number of quaternary nitrogens is 1. The molecule has 1 aromatic heterocycles. The molecule has 0 saturated heterocycles. The summed E-state index contributed by atoms with van der Waals surface area (Å²) in [7, 11) is 0. The number of rotatable bonds is 2. The molecule has 2 aromatic carbocycles. The van der Waals surface area contributed by atoms with Crippen LogP contribution in [0.5, 0.6) is 0 Å². The largest absolute Gasteiger partial charge is 0.339 e. The highest BCUT2D eigenvalue weighted by Crippen LogP contribution is 2.37. The Bertz CT molecular complexity index is 1010. The zero-order chi connectivity index (χ0) is 18.5. The lowest BCUT2D eigenvalue weighted by Crippen LogP contribution is -3.11. The summed E-state index contributed by atoms with van der Waals surface area (Å²) < 4.78 is 2.68. The molecule has 27 heavy (non-hydrogen) atoms. The Hall–Kier alpha value is -2.06. The molecule has 0 bridgehead atoms. The average molecular weight is 360 g/mol. The number of aryl methyl sites for hydroxylation is 5. The number of hydrogen-bond donors (Lipinski definition) is 1. The van der Waals surface area contributed by atoms with Crippen LogP contribution in [0.25, 0.3) is 10.9 Å². The lowest BCUT2D eigenvalue weighted by Gasteiger charge is -2.31. The summed E-state index contributed by atoms with van der Waals surface area (Å²) in [6.45, 7) is 10.3. The van der Waals surface area contributed by atoms with Crippen molar-refractivity contribution in [2.75, 3.05) is 6.54 Å². The standard InChI is InChI=1S/C25H30N2/c1-17-8-10-20(19(3)14-17)16-26-12-5-13-27-23-11-9-18(2)15-22(23)21-6-4-7-24(26)25(21)27/h8-11,14-15,24H,4-7,12-13,16H2,1-3H3/p+1/t24-/m1/s1. The first-order valence-corrected chi connectivity index (χ1v) is 10.6. The first-order chi connectivity index (χ1) is 13.1. The molecular weight excluding hydrogens is 328 g/mol. The maximum Gasteiger partial charge on any atom is 0.129 e. The van der Waals surface area contributed by atoms with Gasteiger partial charge in [-0.25, -0.2) is 0 Å². The molecule has 1 unspecified atom stereocenters. The molecule has 0 spiro atoms. The Morgan fingerprint density at radius 1 is 1.00 bits per heavy atom. The Labute approximate surface area is 162 Å². The van der Waals surface area contributed by atoms with E-state index in [0.717, 1.165) is 6.54 Å². The number of aromatic nitrogens is 1. The van der Waals surface area contributed by atoms with Gasteiger partial charge in [-0.1, -0.05) is 35.4 Å². The summed E-state index contributed by atoms with van der Waals surface area (Å²) in [6.07, 6.45) is 5.21. The third kappa shape index (κ3) is 2.82. The monoisotopic (exact) mass is 359 g/mol. The molecule has 2 heteroatoms. The van der Waals surface area contributed by atoms with Crippen molar-refractivity contribution in [3.05, 3.63) is 69.9 Å². The van der Waals surface area contributed by atoms with Crippen LogP contribution in [0.4, 0.5) is 0 Å². The van der Waals surface area contributed by atoms with Crippen molar-refractivity contribution in [1.82, 2.24) is 4.57 Å². The highest BCUT2D eigenvalue weighted by molar-refractivity contribution is 5.86. The molecule has 2 heterocycles. The fourth-order valence-electron chi connectivity index (χ4n) is 5.62. The van der Waals surface area contributed by atoms with Crippen molar-refractivity contribution in [3.8, 4) is 0 Å². The van der Waals surface area contributed by atoms with Gasteiger partial charge >= 0.3 is 0 Å². The van der Waals surface area contributed by atoms with Crippen molar-refractivity contribution in [2.24, 2.45) is 0 Å². The molecule has 2 nitrogen and oxygen atoms in total. The van der Waals surface area contributed by atoms with Crippen LogP contribution < -0.4 is 4.90 Å². The smallest absolute Gasteiger partial charge is 0.129 e. The van der Waals surface area contributed by atoms with Gasteiger partial charge in [-0.15, -0.1) is 0 Å². The van der Waals surface area contributed by atoms with E-state index in [1.807, 2.05) is 0 Å². The van der Waals surface area contributed by atoms with Gasteiger partial charge in [0.2, 0.25) is 0 Å². The van der Waals surface area contributed by atoms with Crippen LogP contribution in [0.2, 0.25) is 0 Å². The first-order valence-electron chi connectivity index (χ1n) is 10.6. The van der Waals surface area contributed by atoms with Gasteiger partial charge in [0.15, 0.2) is 0 Å². The van der Waals surface area contributed by atoms with E-state index in [1.54, 1.807) is 16.2 Å². The van der Waals surface area contributed by atoms with Crippen LogP contribution in [-0.2, 0) is 19.5 Å². The fraction of sp³-hybridized carbons (Fsp3) is 0.440. The second-order valence-electron chi connectivity index (χ2n) is 8.85. The molecule has 0 radical (unpaired) electrons. The minimum Gasteiger partial charge on any atom is -0.339 e. The van der Waals surface area contributed by atoms with E-state index in [4.69, 9.17) is 0 Å². The summed E-state index contributed by atoms with van der Waals surface area (Å²) >= 11 is 0. The molecule has 3 aromatic rings. The van der Waals surface area contributed by atoms with Crippen LogP contribution in [0, 0.1) is 20.8 Å². The maximum atomic E-state index is 2.68. The van der Waals surface area contributed by atoms with Crippen molar-refractivity contribution in [1.29, 1.82) is 0 Å². The number of nitrogens with one attached hydrogen (secondary N) is 1. The van der Waals surface area contributed by atoms with Crippen LogP contribution >= 0.6 is 0 Å². The molecule has 0 saturated carbocycles. The average Bonchev–Trinajstić information content (AvgIpc) is 2.84. The molecule has 1 N–H and O–H groups in total. The topological polar surface area (TPSA) is 9.37 Å². The van der Waals surface area contributed by atoms with E-state index in [9.17, 15) is 0 Å². The first kappa shape index (κ1) is 17.1. The van der Waals surface area contributed by atoms with Crippen LogP contribution in [-0.4, -0.2) is 11.1 Å². The highest BCUT2D eigenvalue weighted by Gasteiger charge is 2.36. The summed E-state index contributed by atoms with van der Waals surface area (Å²) in [6, 6.07) is 14.7. The minimum atomic E-state index is 0.657. The van der Waals surface area contributed by atoms with Crippen molar-refractivity contribution in [2.45, 2.75) is 65.6 Å². The molecule has 2 aliphatic rings. The van der Waals surface area contributed by atoms with Crippen LogP contribution in [0.1, 0.15) is 58.8 Å². The van der Waals surface area contributed by atoms with Crippen molar-refractivity contribution >= 4 is 10.9 Å². The molecule has 0 amide bonds. The quantitative estimate of drug-likeness (QED) is 0.693. The predicted octanol–water partition coefficient (Wildman–Crippen LogP) is 4.43. The van der Waals surface area contributed by atoms with E-state index in [-0.39, 0.29) is 0 Å². The zero-order valence-electron chi connectivity index (χ0n) is 16.9. The van der Waals surface area contributed by atoms with Gasteiger partial charge in [0.25, 0.3) is 0 Å². The summed E-state index contributed by atoms with van der Waals surface area (Å²) in [5, 5.41) is 1.53. The third-order valence-electron chi connectivity index (χ3n) is 6.91. The predicted molar refractivity (Wildman–Crippen MR) is 112 cm³/mol. The lowest BCUT2D eigenvalue weighted by molar-refractivity contribution is -0.945. The Kier molecular flexibility index (Phi) is 4.12. The molecule has 0 fully saturated rings. The Morgan fingerprint density at radius 2 is 1.81 bits per heavy atom. The second-order valence-corrected chi connectivity index (χ2v) is 8.85. The van der Waals surface area contributed by atoms with Crippen molar-refractivity contribution < 1.29 is 4.90 Å². The van der Waals surface area contributed by atoms with E-state index < -0.39 is 0 Å². The summed E-state index contributed by atoms with van der Waals surface area (Å²) in [5.74, 6) is 0. The Balaban J connectivity index is 1.59. The molecule has 1 aliphatic heterocycles. The zero-order valence-corrected chi connectivity index (χ0v) is 16.9. The van der Waals surface area contributed by atoms with E-state index in [2.05, 4.69) is 61.7 Å². The number of fused-ring (bicyclic) bond motifs is 3. The third-order valence-corrected chi connectivity index (χ3v) is 6.91. The van der Waals surface area contributed by atoms with Gasteiger partial charge in [0.05, 0.1) is 12.2 Å². The number of nitrogens with zero attached hydrogens (tertiary/aromatic N) is 1. The van der Waals surface area contributed by atoms with E-state index >= 15 is 0 Å². The van der Waals surface area contributed by atoms with E-state index in [0.29, 0.717) is 6.04 Å². The summed E-state index contributed by atoms with van der Waals surface area (Å²) in [4.78, 5) is 1.78. The molecule has 1 aliphatic carbocycles. The maximum absolute atomic E-state index is 2.68.